The molecule has 0 fully saturated rings. The Balaban J connectivity index is 2.11. The summed E-state index contributed by atoms with van der Waals surface area (Å²) in [5.74, 6) is 1.00. The van der Waals surface area contributed by atoms with Crippen LogP contribution in [-0.4, -0.2) is 20.1 Å². The Kier molecular flexibility index (Phi) is 4.53. The summed E-state index contributed by atoms with van der Waals surface area (Å²) >= 11 is 3.52. The molecule has 2 aromatic rings. The third kappa shape index (κ3) is 3.77. The van der Waals surface area contributed by atoms with Gasteiger partial charge in [0.1, 0.15) is 5.76 Å². The summed E-state index contributed by atoms with van der Waals surface area (Å²) in [6, 6.07) is 10.5. The Hall–Kier alpha value is -1.42. The van der Waals surface area contributed by atoms with Gasteiger partial charge in [0.25, 0.3) is 0 Å². The average molecular weight is 323 g/mol. The quantitative estimate of drug-likeness (QED) is 0.896. The summed E-state index contributed by atoms with van der Waals surface area (Å²) in [6.45, 7) is 2.16. The second-order valence-corrected chi connectivity index (χ2v) is 5.80. The number of rotatable bonds is 5. The van der Waals surface area contributed by atoms with E-state index in [4.69, 9.17) is 4.42 Å². The van der Waals surface area contributed by atoms with Crippen LogP contribution >= 0.6 is 15.9 Å². The fraction of sp³-hybridized carbons (Fsp3) is 0.333. The third-order valence-electron chi connectivity index (χ3n) is 2.93. The number of furan rings is 1. The highest BCUT2D eigenvalue weighted by Gasteiger charge is 2.10. The first-order valence-electron chi connectivity index (χ1n) is 6.32. The number of nitrogens with zero attached hydrogens (tertiary/aromatic N) is 1. The molecule has 1 aromatic heterocycles. The molecule has 1 aromatic carbocycles. The molecule has 0 amide bonds. The van der Waals surface area contributed by atoms with Gasteiger partial charge in [-0.3, -0.25) is 0 Å². The van der Waals surface area contributed by atoms with E-state index in [0.717, 1.165) is 22.3 Å². The number of anilines is 2. The SMILES string of the molecule is CC(Cc1ccco1)Nc1cc(Br)ccc1N(C)C. The van der Waals surface area contributed by atoms with Crippen LogP contribution in [-0.2, 0) is 6.42 Å². The Morgan fingerprint density at radius 3 is 2.74 bits per heavy atom. The van der Waals surface area contributed by atoms with Crippen LogP contribution in [0.1, 0.15) is 12.7 Å². The van der Waals surface area contributed by atoms with E-state index in [1.807, 2.05) is 26.2 Å². The van der Waals surface area contributed by atoms with Crippen LogP contribution < -0.4 is 10.2 Å². The van der Waals surface area contributed by atoms with E-state index in [1.54, 1.807) is 6.26 Å². The zero-order valence-electron chi connectivity index (χ0n) is 11.5. The van der Waals surface area contributed by atoms with Gasteiger partial charge in [0.15, 0.2) is 0 Å². The molecule has 1 unspecified atom stereocenters. The van der Waals surface area contributed by atoms with Crippen molar-refractivity contribution in [1.29, 1.82) is 0 Å². The van der Waals surface area contributed by atoms with Crippen molar-refractivity contribution >= 4 is 27.3 Å². The van der Waals surface area contributed by atoms with Gasteiger partial charge in [0, 0.05) is 31.0 Å². The summed E-state index contributed by atoms with van der Waals surface area (Å²) in [5, 5.41) is 3.54. The lowest BCUT2D eigenvalue weighted by Gasteiger charge is -2.22. The predicted octanol–water partition coefficient (Wildman–Crippen LogP) is 4.15. The molecule has 0 saturated carbocycles. The topological polar surface area (TPSA) is 28.4 Å². The number of halogens is 1. The van der Waals surface area contributed by atoms with E-state index in [2.05, 4.69) is 51.3 Å². The number of nitrogens with one attached hydrogen (secondary N) is 1. The van der Waals surface area contributed by atoms with Crippen LogP contribution in [0.3, 0.4) is 0 Å². The summed E-state index contributed by atoms with van der Waals surface area (Å²) in [7, 11) is 4.09. The number of benzene rings is 1. The molecule has 0 aliphatic heterocycles. The van der Waals surface area contributed by atoms with Gasteiger partial charge < -0.3 is 14.6 Å². The minimum absolute atomic E-state index is 0.305. The fourth-order valence-electron chi connectivity index (χ4n) is 2.06. The molecule has 0 spiro atoms. The molecule has 1 atom stereocenters. The molecule has 0 aliphatic rings. The van der Waals surface area contributed by atoms with E-state index in [0.29, 0.717) is 6.04 Å². The van der Waals surface area contributed by atoms with Crippen LogP contribution in [0.5, 0.6) is 0 Å². The van der Waals surface area contributed by atoms with Crippen molar-refractivity contribution in [2.24, 2.45) is 0 Å². The maximum absolute atomic E-state index is 5.38. The van der Waals surface area contributed by atoms with Crippen molar-refractivity contribution in [1.82, 2.24) is 0 Å². The van der Waals surface area contributed by atoms with Gasteiger partial charge in [0.2, 0.25) is 0 Å². The minimum Gasteiger partial charge on any atom is -0.469 e. The standard InChI is InChI=1S/C15H19BrN2O/c1-11(9-13-5-4-8-19-13)17-14-10-12(16)6-7-15(14)18(2)3/h4-8,10-11,17H,9H2,1-3H3. The predicted molar refractivity (Wildman–Crippen MR) is 84.0 cm³/mol. The molecule has 1 N–H and O–H groups in total. The van der Waals surface area contributed by atoms with Gasteiger partial charge in [0.05, 0.1) is 17.6 Å². The van der Waals surface area contributed by atoms with Crippen molar-refractivity contribution in [3.05, 3.63) is 46.8 Å². The number of hydrogen-bond donors (Lipinski definition) is 1. The smallest absolute Gasteiger partial charge is 0.105 e. The van der Waals surface area contributed by atoms with Gasteiger partial charge in [-0.1, -0.05) is 15.9 Å². The molecule has 4 heteroatoms. The van der Waals surface area contributed by atoms with E-state index >= 15 is 0 Å². The normalized spacial score (nSPS) is 12.2. The van der Waals surface area contributed by atoms with Crippen LogP contribution in [0.15, 0.2) is 45.5 Å². The summed E-state index contributed by atoms with van der Waals surface area (Å²) < 4.78 is 6.46. The van der Waals surface area contributed by atoms with E-state index in [9.17, 15) is 0 Å². The van der Waals surface area contributed by atoms with Crippen molar-refractivity contribution in [3.63, 3.8) is 0 Å². The van der Waals surface area contributed by atoms with Crippen molar-refractivity contribution in [2.75, 3.05) is 24.3 Å². The van der Waals surface area contributed by atoms with Crippen molar-refractivity contribution < 1.29 is 4.42 Å². The number of hydrogen-bond acceptors (Lipinski definition) is 3. The van der Waals surface area contributed by atoms with Crippen molar-refractivity contribution in [3.8, 4) is 0 Å². The third-order valence-corrected chi connectivity index (χ3v) is 3.42. The van der Waals surface area contributed by atoms with Gasteiger partial charge in [-0.05, 0) is 37.3 Å². The largest absolute Gasteiger partial charge is 0.469 e. The molecule has 0 bridgehead atoms. The molecule has 102 valence electrons. The maximum atomic E-state index is 5.38. The van der Waals surface area contributed by atoms with E-state index < -0.39 is 0 Å². The lowest BCUT2D eigenvalue weighted by atomic mass is 10.1. The van der Waals surface area contributed by atoms with E-state index in [1.165, 1.54) is 5.69 Å². The molecular weight excluding hydrogens is 304 g/mol. The highest BCUT2D eigenvalue weighted by Crippen LogP contribution is 2.28. The Labute approximate surface area is 122 Å². The summed E-state index contributed by atoms with van der Waals surface area (Å²) in [5.41, 5.74) is 2.30. The second kappa shape index (κ2) is 6.15. The minimum atomic E-state index is 0.305. The second-order valence-electron chi connectivity index (χ2n) is 4.88. The van der Waals surface area contributed by atoms with Gasteiger partial charge >= 0.3 is 0 Å². The fourth-order valence-corrected chi connectivity index (χ4v) is 2.42. The van der Waals surface area contributed by atoms with Crippen LogP contribution in [0.2, 0.25) is 0 Å². The monoisotopic (exact) mass is 322 g/mol. The molecule has 3 nitrogen and oxygen atoms in total. The highest BCUT2D eigenvalue weighted by atomic mass is 79.9. The maximum Gasteiger partial charge on any atom is 0.105 e. The molecule has 0 saturated heterocycles. The first-order valence-corrected chi connectivity index (χ1v) is 7.11. The average Bonchev–Trinajstić information content (AvgIpc) is 2.81. The first-order chi connectivity index (χ1) is 9.06. The van der Waals surface area contributed by atoms with Crippen molar-refractivity contribution in [2.45, 2.75) is 19.4 Å². The molecule has 0 aliphatic carbocycles. The molecule has 0 radical (unpaired) electrons. The zero-order valence-corrected chi connectivity index (χ0v) is 13.1. The Bertz CT molecular complexity index is 523. The first kappa shape index (κ1) is 14.0. The zero-order chi connectivity index (χ0) is 13.8. The molecule has 19 heavy (non-hydrogen) atoms. The van der Waals surface area contributed by atoms with Crippen LogP contribution in [0.25, 0.3) is 0 Å². The summed E-state index contributed by atoms with van der Waals surface area (Å²) in [4.78, 5) is 2.11. The van der Waals surface area contributed by atoms with Crippen LogP contribution in [0.4, 0.5) is 11.4 Å². The lowest BCUT2D eigenvalue weighted by molar-refractivity contribution is 0.498. The molecule has 1 heterocycles. The molecular formula is C15H19BrN2O. The Morgan fingerprint density at radius 1 is 1.32 bits per heavy atom. The van der Waals surface area contributed by atoms with Gasteiger partial charge in [-0.2, -0.15) is 0 Å². The van der Waals surface area contributed by atoms with E-state index in [-0.39, 0.29) is 0 Å². The highest BCUT2D eigenvalue weighted by molar-refractivity contribution is 9.10. The van der Waals surface area contributed by atoms with Crippen LogP contribution in [0, 0.1) is 0 Å². The van der Waals surface area contributed by atoms with Gasteiger partial charge in [-0.25, -0.2) is 0 Å². The Morgan fingerprint density at radius 2 is 2.11 bits per heavy atom. The molecule has 2 rings (SSSR count). The van der Waals surface area contributed by atoms with Gasteiger partial charge in [-0.15, -0.1) is 0 Å². The lowest BCUT2D eigenvalue weighted by Crippen LogP contribution is -2.20. The summed E-state index contributed by atoms with van der Waals surface area (Å²) in [6.07, 6.45) is 2.58.